The van der Waals surface area contributed by atoms with Crippen LogP contribution in [0.1, 0.15) is 42.1 Å². The molecule has 272 valence electrons. The average Bonchev–Trinajstić information content (AvgIpc) is 3.15. The first kappa shape index (κ1) is 36.4. The number of amides is 1. The third-order valence-electron chi connectivity index (χ3n) is 9.90. The number of carbonyl (C=O) groups is 1. The fourth-order valence-corrected chi connectivity index (χ4v) is 6.95. The number of H-pyrrole nitrogens is 1. The molecule has 0 saturated carbocycles. The van der Waals surface area contributed by atoms with Crippen LogP contribution in [0.25, 0.3) is 10.9 Å². The lowest BCUT2D eigenvalue weighted by Crippen LogP contribution is -2.57. The van der Waals surface area contributed by atoms with Crippen molar-refractivity contribution in [3.8, 4) is 5.75 Å². The second-order valence-corrected chi connectivity index (χ2v) is 13.5. The molecule has 6 rings (SSSR count). The quantitative estimate of drug-likeness (QED) is 0.135. The van der Waals surface area contributed by atoms with Crippen LogP contribution in [-0.4, -0.2) is 119 Å². The first-order valence-corrected chi connectivity index (χ1v) is 17.8. The molecule has 2 saturated heterocycles. The van der Waals surface area contributed by atoms with Crippen LogP contribution in [0.3, 0.4) is 0 Å². The highest BCUT2D eigenvalue weighted by Gasteiger charge is 2.40. The van der Waals surface area contributed by atoms with Crippen LogP contribution in [-0.2, 0) is 27.2 Å². The number of aromatic nitrogens is 3. The van der Waals surface area contributed by atoms with Gasteiger partial charge in [0.05, 0.1) is 50.0 Å². The van der Waals surface area contributed by atoms with Crippen LogP contribution < -0.4 is 15.8 Å². The van der Waals surface area contributed by atoms with E-state index >= 15 is 0 Å². The van der Waals surface area contributed by atoms with Gasteiger partial charge in [0, 0.05) is 76.7 Å². The van der Waals surface area contributed by atoms with Gasteiger partial charge >= 0.3 is 0 Å². The molecule has 51 heavy (non-hydrogen) atoms. The third-order valence-corrected chi connectivity index (χ3v) is 9.90. The third kappa shape index (κ3) is 9.69. The number of phenolic OH excluding ortho intramolecular Hbond substituents is 1. The summed E-state index contributed by atoms with van der Waals surface area (Å²) in [6.45, 7) is 7.36. The lowest BCUT2D eigenvalue weighted by molar-refractivity contribution is -0.131. The number of benzene rings is 2. The number of hydrogen-bond acceptors (Lipinski definition) is 11. The lowest BCUT2D eigenvalue weighted by atomic mass is 9.89. The first-order valence-electron chi connectivity index (χ1n) is 17.8. The summed E-state index contributed by atoms with van der Waals surface area (Å²) in [4.78, 5) is 42.2. The fraction of sp³-hybridized carbons (Fsp3) is 0.474. The number of aliphatic hydroxyl groups is 1. The molecular formula is C38H49N7O6. The molecule has 1 amide bonds. The zero-order valence-corrected chi connectivity index (χ0v) is 29.3. The van der Waals surface area contributed by atoms with Gasteiger partial charge in [-0.15, -0.1) is 0 Å². The molecule has 2 aromatic carbocycles. The van der Waals surface area contributed by atoms with Crippen molar-refractivity contribution >= 4 is 22.8 Å². The Labute approximate surface area is 298 Å². The van der Waals surface area contributed by atoms with Gasteiger partial charge in [0.2, 0.25) is 17.4 Å². The number of hydrogen-bond donors (Lipinski definition) is 4. The number of aliphatic hydroxyl groups excluding tert-OH is 1. The Kier molecular flexibility index (Phi) is 12.3. The zero-order valence-electron chi connectivity index (χ0n) is 29.3. The zero-order chi connectivity index (χ0) is 35.6. The molecule has 13 nitrogen and oxygen atoms in total. The Morgan fingerprint density at radius 2 is 1.88 bits per heavy atom. The summed E-state index contributed by atoms with van der Waals surface area (Å²) in [7, 11) is 1.76. The number of likely N-dealkylation sites (N-methyl/N-ethyl adjacent to an activating group) is 1. The lowest BCUT2D eigenvalue weighted by Gasteiger charge is -2.47. The smallest absolute Gasteiger partial charge is 0.248 e. The highest BCUT2D eigenvalue weighted by molar-refractivity contribution is 5.87. The van der Waals surface area contributed by atoms with Crippen LogP contribution in [0.15, 0.2) is 71.8 Å². The number of piperidine rings is 1. The molecule has 4 heterocycles. The molecule has 2 aliphatic rings. The summed E-state index contributed by atoms with van der Waals surface area (Å²) >= 11 is 0. The van der Waals surface area contributed by atoms with E-state index in [-0.39, 0.29) is 29.4 Å². The van der Waals surface area contributed by atoms with Gasteiger partial charge in [-0.2, -0.15) is 0 Å². The summed E-state index contributed by atoms with van der Waals surface area (Å²) in [5.41, 5.74) is 2.94. The molecule has 2 aromatic heterocycles. The number of nitrogens with zero attached hydrogens (tertiary/aromatic N) is 5. The van der Waals surface area contributed by atoms with Crippen molar-refractivity contribution in [1.82, 2.24) is 30.1 Å². The van der Waals surface area contributed by atoms with Gasteiger partial charge in [-0.05, 0) is 54.2 Å². The van der Waals surface area contributed by atoms with Gasteiger partial charge in [0.25, 0.3) is 0 Å². The predicted molar refractivity (Wildman–Crippen MR) is 195 cm³/mol. The summed E-state index contributed by atoms with van der Waals surface area (Å²) in [6, 6.07) is 16.6. The SMILES string of the molecule is CN(CCNC[C@H](O)c1ccc(O)c2[nH]c(=O)ccc12)C(=O)CCOCCc1cccc(CN2CCC3(CC2)CN(c2ncccn2)CCO3)c1. The first-order chi connectivity index (χ1) is 24.8. The van der Waals surface area contributed by atoms with Crippen LogP contribution in [0, 0.1) is 0 Å². The van der Waals surface area contributed by atoms with E-state index in [4.69, 9.17) is 9.47 Å². The number of aromatic amines is 1. The van der Waals surface area contributed by atoms with Gasteiger partial charge < -0.3 is 39.8 Å². The van der Waals surface area contributed by atoms with E-state index in [2.05, 4.69) is 54.3 Å². The standard InChI is InChI=1S/C38H49N7O6/c1-43(19-16-39-25-33(47)30-6-8-32(46)36-31(30)7-9-34(48)42-36)35(49)11-22-50-21-10-28-4-2-5-29(24-28)26-44-17-12-38(13-18-44)27-45(20-23-51-38)37-40-14-3-15-41-37/h2-9,14-15,24,33,39,46-47H,10-13,16-23,25-27H2,1H3,(H,42,48)/t33-/m0/s1. The molecule has 13 heteroatoms. The monoisotopic (exact) mass is 699 g/mol. The Hall–Kier alpha value is -4.40. The Morgan fingerprint density at radius 3 is 2.71 bits per heavy atom. The highest BCUT2D eigenvalue weighted by Crippen LogP contribution is 2.32. The number of morpholine rings is 1. The summed E-state index contributed by atoms with van der Waals surface area (Å²) in [5.74, 6) is 0.728. The topological polar surface area (TPSA) is 156 Å². The molecule has 0 aliphatic carbocycles. The number of likely N-dealkylation sites (tertiary alicyclic amines) is 1. The van der Waals surface area contributed by atoms with E-state index in [1.165, 1.54) is 23.3 Å². The van der Waals surface area contributed by atoms with E-state index in [1.54, 1.807) is 36.5 Å². The number of rotatable bonds is 15. The molecular weight excluding hydrogens is 650 g/mol. The summed E-state index contributed by atoms with van der Waals surface area (Å²) < 4.78 is 12.2. The van der Waals surface area contributed by atoms with Crippen molar-refractivity contribution in [2.45, 2.75) is 43.9 Å². The second kappa shape index (κ2) is 17.2. The Morgan fingerprint density at radius 1 is 1.08 bits per heavy atom. The number of pyridine rings is 1. The van der Waals surface area contributed by atoms with E-state index in [0.29, 0.717) is 55.8 Å². The maximum Gasteiger partial charge on any atom is 0.248 e. The minimum atomic E-state index is -0.855. The van der Waals surface area contributed by atoms with E-state index in [9.17, 15) is 19.8 Å². The van der Waals surface area contributed by atoms with E-state index in [0.717, 1.165) is 57.9 Å². The molecule has 1 atom stereocenters. The predicted octanol–water partition coefficient (Wildman–Crippen LogP) is 2.63. The molecule has 1 spiro atoms. The number of anilines is 1. The van der Waals surface area contributed by atoms with Gasteiger partial charge in [-0.25, -0.2) is 9.97 Å². The number of phenols is 1. The van der Waals surface area contributed by atoms with Crippen molar-refractivity contribution in [1.29, 1.82) is 0 Å². The summed E-state index contributed by atoms with van der Waals surface area (Å²) in [5, 5.41) is 24.6. The van der Waals surface area contributed by atoms with Crippen molar-refractivity contribution < 1.29 is 24.5 Å². The van der Waals surface area contributed by atoms with Crippen LogP contribution in [0.5, 0.6) is 5.75 Å². The molecule has 0 bridgehead atoms. The maximum atomic E-state index is 12.6. The van der Waals surface area contributed by atoms with E-state index < -0.39 is 6.10 Å². The largest absolute Gasteiger partial charge is 0.506 e. The average molecular weight is 700 g/mol. The molecule has 4 aromatic rings. The van der Waals surface area contributed by atoms with Crippen LogP contribution in [0.2, 0.25) is 0 Å². The minimum absolute atomic E-state index is 0.00382. The number of ether oxygens (including phenoxy) is 2. The maximum absolute atomic E-state index is 12.6. The number of fused-ring (bicyclic) bond motifs is 1. The van der Waals surface area contributed by atoms with Crippen molar-refractivity contribution in [2.24, 2.45) is 0 Å². The van der Waals surface area contributed by atoms with Crippen molar-refractivity contribution in [3.63, 3.8) is 0 Å². The van der Waals surface area contributed by atoms with Crippen molar-refractivity contribution in [3.05, 3.63) is 94.0 Å². The number of carbonyl (C=O) groups excluding carboxylic acids is 1. The number of nitrogens with one attached hydrogen (secondary N) is 2. The van der Waals surface area contributed by atoms with Gasteiger partial charge in [-0.3, -0.25) is 14.5 Å². The van der Waals surface area contributed by atoms with Gasteiger partial charge in [0.15, 0.2) is 0 Å². The molecule has 2 aliphatic heterocycles. The molecule has 2 fully saturated rings. The molecule has 0 unspecified atom stereocenters. The molecule has 0 radical (unpaired) electrons. The van der Waals surface area contributed by atoms with Crippen LogP contribution in [0.4, 0.5) is 5.95 Å². The highest BCUT2D eigenvalue weighted by atomic mass is 16.5. The second-order valence-electron chi connectivity index (χ2n) is 13.5. The van der Waals surface area contributed by atoms with E-state index in [1.807, 2.05) is 6.07 Å². The molecule has 4 N–H and O–H groups in total. The van der Waals surface area contributed by atoms with Gasteiger partial charge in [0.1, 0.15) is 5.75 Å². The van der Waals surface area contributed by atoms with Gasteiger partial charge in [-0.1, -0.05) is 30.3 Å². The number of aromatic hydroxyl groups is 1. The Balaban J connectivity index is 0.849. The minimum Gasteiger partial charge on any atom is -0.506 e. The summed E-state index contributed by atoms with van der Waals surface area (Å²) in [6.07, 6.45) is 5.79. The normalized spacial score (nSPS) is 16.8. The van der Waals surface area contributed by atoms with Crippen molar-refractivity contribution in [2.75, 3.05) is 77.6 Å². The van der Waals surface area contributed by atoms with Crippen LogP contribution >= 0.6 is 0 Å². The Bertz CT molecular complexity index is 1800. The fourth-order valence-electron chi connectivity index (χ4n) is 6.95.